The minimum absolute atomic E-state index is 0.205. The van der Waals surface area contributed by atoms with Crippen molar-refractivity contribution in [1.82, 2.24) is 15.5 Å². The van der Waals surface area contributed by atoms with Gasteiger partial charge in [0.25, 0.3) is 0 Å². The van der Waals surface area contributed by atoms with E-state index in [2.05, 4.69) is 22.5 Å². The number of amides is 1. The van der Waals surface area contributed by atoms with E-state index >= 15 is 0 Å². The highest BCUT2D eigenvalue weighted by atomic mass is 16.1. The second-order valence-corrected chi connectivity index (χ2v) is 5.21. The van der Waals surface area contributed by atoms with Crippen LogP contribution in [0.15, 0.2) is 0 Å². The Morgan fingerprint density at radius 1 is 1.41 bits per heavy atom. The topological polar surface area (TPSA) is 44.4 Å². The minimum Gasteiger partial charge on any atom is -0.355 e. The summed E-state index contributed by atoms with van der Waals surface area (Å²) in [4.78, 5) is 14.2. The fraction of sp³-hybridized carbons (Fsp3) is 0.923. The quantitative estimate of drug-likeness (QED) is 0.688. The van der Waals surface area contributed by atoms with Crippen molar-refractivity contribution < 1.29 is 4.79 Å². The molecule has 2 N–H and O–H groups in total. The molecule has 0 aromatic heterocycles. The summed E-state index contributed by atoms with van der Waals surface area (Å²) < 4.78 is 0. The van der Waals surface area contributed by atoms with E-state index in [0.717, 1.165) is 38.6 Å². The van der Waals surface area contributed by atoms with Crippen LogP contribution in [0.3, 0.4) is 0 Å². The lowest BCUT2D eigenvalue weighted by Crippen LogP contribution is -2.38. The molecule has 1 amide bonds. The highest BCUT2D eigenvalue weighted by molar-refractivity contribution is 5.76. The van der Waals surface area contributed by atoms with Gasteiger partial charge in [-0.3, -0.25) is 9.69 Å². The molecule has 1 heterocycles. The molecule has 1 unspecified atom stereocenters. The van der Waals surface area contributed by atoms with E-state index in [1.54, 1.807) is 0 Å². The van der Waals surface area contributed by atoms with Crippen LogP contribution in [-0.4, -0.2) is 49.1 Å². The fourth-order valence-electron chi connectivity index (χ4n) is 2.60. The van der Waals surface area contributed by atoms with Gasteiger partial charge in [0.1, 0.15) is 0 Å². The van der Waals surface area contributed by atoms with Gasteiger partial charge in [-0.05, 0) is 38.8 Å². The number of hydrogen-bond donors (Lipinski definition) is 2. The second kappa shape index (κ2) is 6.36. The van der Waals surface area contributed by atoms with Crippen molar-refractivity contribution >= 4 is 5.91 Å². The average Bonchev–Trinajstić information content (AvgIpc) is 3.03. The Hall–Kier alpha value is -0.610. The first-order chi connectivity index (χ1) is 8.29. The largest absolute Gasteiger partial charge is 0.355 e. The summed E-state index contributed by atoms with van der Waals surface area (Å²) in [7, 11) is 0. The molecular weight excluding hydrogens is 214 g/mol. The van der Waals surface area contributed by atoms with Crippen molar-refractivity contribution in [2.75, 3.05) is 26.2 Å². The average molecular weight is 239 g/mol. The van der Waals surface area contributed by atoms with Gasteiger partial charge < -0.3 is 10.6 Å². The van der Waals surface area contributed by atoms with Crippen molar-refractivity contribution in [3.05, 3.63) is 0 Å². The number of nitrogens with zero attached hydrogens (tertiary/aromatic N) is 1. The lowest BCUT2D eigenvalue weighted by Gasteiger charge is -2.20. The molecule has 17 heavy (non-hydrogen) atoms. The Bertz CT molecular complexity index is 247. The Kier molecular flexibility index (Phi) is 4.80. The molecule has 1 saturated carbocycles. The van der Waals surface area contributed by atoms with Gasteiger partial charge in [-0.1, -0.05) is 6.92 Å². The summed E-state index contributed by atoms with van der Waals surface area (Å²) in [6.45, 7) is 6.18. The summed E-state index contributed by atoms with van der Waals surface area (Å²) in [5.74, 6) is 0.205. The summed E-state index contributed by atoms with van der Waals surface area (Å²) in [6, 6.07) is 1.22. The fourth-order valence-corrected chi connectivity index (χ4v) is 2.60. The van der Waals surface area contributed by atoms with Crippen LogP contribution >= 0.6 is 0 Å². The third-order valence-corrected chi connectivity index (χ3v) is 3.78. The van der Waals surface area contributed by atoms with E-state index in [0.29, 0.717) is 12.5 Å². The monoisotopic (exact) mass is 239 g/mol. The first-order valence-corrected chi connectivity index (χ1v) is 7.03. The van der Waals surface area contributed by atoms with Gasteiger partial charge in [0.15, 0.2) is 0 Å². The van der Waals surface area contributed by atoms with Crippen LogP contribution in [0.1, 0.15) is 39.0 Å². The predicted molar refractivity (Wildman–Crippen MR) is 68.9 cm³/mol. The van der Waals surface area contributed by atoms with Crippen molar-refractivity contribution in [2.45, 2.75) is 51.1 Å². The molecule has 1 aliphatic heterocycles. The van der Waals surface area contributed by atoms with Gasteiger partial charge in [-0.25, -0.2) is 0 Å². The zero-order valence-corrected chi connectivity index (χ0v) is 10.9. The number of rotatable bonds is 7. The van der Waals surface area contributed by atoms with Gasteiger partial charge in [-0.2, -0.15) is 0 Å². The first kappa shape index (κ1) is 12.8. The third kappa shape index (κ3) is 4.28. The van der Waals surface area contributed by atoms with Crippen molar-refractivity contribution in [1.29, 1.82) is 0 Å². The molecule has 2 rings (SSSR count). The molecule has 1 saturated heterocycles. The molecule has 0 radical (unpaired) electrons. The Balaban J connectivity index is 1.55. The Labute approximate surface area is 104 Å². The standard InChI is InChI=1S/C13H25N3O/c1-2-16(12-5-6-12)9-8-15-13(17)10-11-4-3-7-14-11/h11-12,14H,2-10H2,1H3,(H,15,17). The number of nitrogens with one attached hydrogen (secondary N) is 2. The van der Waals surface area contributed by atoms with Crippen LogP contribution in [0.25, 0.3) is 0 Å². The van der Waals surface area contributed by atoms with Crippen molar-refractivity contribution in [3.63, 3.8) is 0 Å². The smallest absolute Gasteiger partial charge is 0.221 e. The van der Waals surface area contributed by atoms with Crippen LogP contribution in [0.5, 0.6) is 0 Å². The SMILES string of the molecule is CCN(CCNC(=O)CC1CCCN1)C1CC1. The van der Waals surface area contributed by atoms with Gasteiger partial charge in [-0.15, -0.1) is 0 Å². The maximum Gasteiger partial charge on any atom is 0.221 e. The molecule has 98 valence electrons. The number of hydrogen-bond acceptors (Lipinski definition) is 3. The predicted octanol–water partition coefficient (Wildman–Crippen LogP) is 0.729. The molecule has 0 aromatic rings. The van der Waals surface area contributed by atoms with Gasteiger partial charge in [0.05, 0.1) is 0 Å². The highest BCUT2D eigenvalue weighted by Gasteiger charge is 2.27. The molecule has 1 atom stereocenters. The maximum absolute atomic E-state index is 11.7. The van der Waals surface area contributed by atoms with Crippen molar-refractivity contribution in [2.24, 2.45) is 0 Å². The zero-order chi connectivity index (χ0) is 12.1. The van der Waals surface area contributed by atoms with Gasteiger partial charge >= 0.3 is 0 Å². The highest BCUT2D eigenvalue weighted by Crippen LogP contribution is 2.25. The second-order valence-electron chi connectivity index (χ2n) is 5.21. The third-order valence-electron chi connectivity index (χ3n) is 3.78. The van der Waals surface area contributed by atoms with E-state index in [1.165, 1.54) is 19.3 Å². The molecule has 0 bridgehead atoms. The van der Waals surface area contributed by atoms with Crippen LogP contribution < -0.4 is 10.6 Å². The number of carbonyl (C=O) groups excluding carboxylic acids is 1. The molecule has 0 spiro atoms. The summed E-state index contributed by atoms with van der Waals surface area (Å²) >= 11 is 0. The number of carbonyl (C=O) groups is 1. The first-order valence-electron chi connectivity index (χ1n) is 7.03. The maximum atomic E-state index is 11.7. The van der Waals surface area contributed by atoms with Crippen LogP contribution in [-0.2, 0) is 4.79 Å². The number of likely N-dealkylation sites (N-methyl/N-ethyl adjacent to an activating group) is 1. The molecule has 0 aromatic carbocycles. The molecule has 2 fully saturated rings. The van der Waals surface area contributed by atoms with Crippen LogP contribution in [0.4, 0.5) is 0 Å². The van der Waals surface area contributed by atoms with E-state index in [9.17, 15) is 4.79 Å². The Morgan fingerprint density at radius 2 is 2.24 bits per heavy atom. The zero-order valence-electron chi connectivity index (χ0n) is 10.9. The lowest BCUT2D eigenvalue weighted by molar-refractivity contribution is -0.121. The molecular formula is C13H25N3O. The molecule has 4 nitrogen and oxygen atoms in total. The Morgan fingerprint density at radius 3 is 2.82 bits per heavy atom. The molecule has 4 heteroatoms. The van der Waals surface area contributed by atoms with Crippen LogP contribution in [0, 0.1) is 0 Å². The van der Waals surface area contributed by atoms with Gasteiger partial charge in [0, 0.05) is 31.6 Å². The molecule has 2 aliphatic rings. The minimum atomic E-state index is 0.205. The normalized spacial score (nSPS) is 24.2. The van der Waals surface area contributed by atoms with Crippen molar-refractivity contribution in [3.8, 4) is 0 Å². The van der Waals surface area contributed by atoms with E-state index in [1.807, 2.05) is 0 Å². The van der Waals surface area contributed by atoms with E-state index in [-0.39, 0.29) is 5.91 Å². The molecule has 1 aliphatic carbocycles. The van der Waals surface area contributed by atoms with Crippen LogP contribution in [0.2, 0.25) is 0 Å². The summed E-state index contributed by atoms with van der Waals surface area (Å²) in [5, 5.41) is 6.39. The van der Waals surface area contributed by atoms with E-state index < -0.39 is 0 Å². The van der Waals surface area contributed by atoms with Gasteiger partial charge in [0.2, 0.25) is 5.91 Å². The summed E-state index contributed by atoms with van der Waals surface area (Å²) in [5.41, 5.74) is 0. The van der Waals surface area contributed by atoms with E-state index in [4.69, 9.17) is 0 Å². The summed E-state index contributed by atoms with van der Waals surface area (Å²) in [6.07, 6.45) is 5.69. The lowest BCUT2D eigenvalue weighted by atomic mass is 10.1.